The van der Waals surface area contributed by atoms with Crippen molar-refractivity contribution in [1.82, 2.24) is 4.90 Å². The lowest BCUT2D eigenvalue weighted by Gasteiger charge is -2.21. The van der Waals surface area contributed by atoms with Gasteiger partial charge in [-0.3, -0.25) is 9.59 Å². The third-order valence-corrected chi connectivity index (χ3v) is 10.0. The smallest absolute Gasteiger partial charge is 0.306 e. The molecule has 0 aromatic heterocycles. The normalized spacial score (nSPS) is 11.5. The van der Waals surface area contributed by atoms with Gasteiger partial charge in [0.25, 0.3) is 0 Å². The first-order valence-electron chi connectivity index (χ1n) is 22.2. The SMILES string of the molecule is CCCCCC/C=C\COC(=O)CCCCCCCN(CCC#N)CCCCCCCC(=O)OC(CCCCCCCC)CCCCCCCC. The second kappa shape index (κ2) is 40.9. The van der Waals surface area contributed by atoms with Crippen LogP contribution in [0.25, 0.3) is 0 Å². The topological polar surface area (TPSA) is 79.6 Å². The molecule has 0 bridgehead atoms. The van der Waals surface area contributed by atoms with E-state index in [1.807, 2.05) is 6.08 Å². The maximum absolute atomic E-state index is 12.7. The Morgan fingerprint density at radius 3 is 1.53 bits per heavy atom. The number of carbonyl (C=O) groups excluding carboxylic acids is 2. The Balaban J connectivity index is 4.06. The molecule has 0 amide bonds. The van der Waals surface area contributed by atoms with Crippen molar-refractivity contribution in [3.05, 3.63) is 12.2 Å². The molecule has 0 radical (unpaired) electrons. The van der Waals surface area contributed by atoms with Crippen molar-refractivity contribution in [2.45, 2.75) is 232 Å². The Morgan fingerprint density at radius 2 is 1.00 bits per heavy atom. The monoisotopic (exact) mass is 717 g/mol. The fourth-order valence-electron chi connectivity index (χ4n) is 6.71. The third-order valence-electron chi connectivity index (χ3n) is 10.0. The number of hydrogen-bond acceptors (Lipinski definition) is 6. The molecule has 6 nitrogen and oxygen atoms in total. The average Bonchev–Trinajstić information content (AvgIpc) is 3.13. The zero-order chi connectivity index (χ0) is 37.3. The van der Waals surface area contributed by atoms with E-state index in [9.17, 15) is 9.59 Å². The summed E-state index contributed by atoms with van der Waals surface area (Å²) in [6.07, 6.45) is 40.3. The van der Waals surface area contributed by atoms with E-state index >= 15 is 0 Å². The highest BCUT2D eigenvalue weighted by Crippen LogP contribution is 2.18. The molecular formula is C45H84N2O4. The van der Waals surface area contributed by atoms with Crippen LogP contribution in [0.3, 0.4) is 0 Å². The van der Waals surface area contributed by atoms with E-state index in [4.69, 9.17) is 14.7 Å². The Kier molecular flexibility index (Phi) is 39.4. The van der Waals surface area contributed by atoms with Gasteiger partial charge in [0.05, 0.1) is 6.07 Å². The van der Waals surface area contributed by atoms with Crippen molar-refractivity contribution in [3.63, 3.8) is 0 Å². The van der Waals surface area contributed by atoms with Crippen molar-refractivity contribution >= 4 is 11.9 Å². The second-order valence-corrected chi connectivity index (χ2v) is 15.0. The molecule has 0 heterocycles. The van der Waals surface area contributed by atoms with Gasteiger partial charge >= 0.3 is 11.9 Å². The Hall–Kier alpha value is -1.87. The highest BCUT2D eigenvalue weighted by atomic mass is 16.5. The molecular weight excluding hydrogens is 633 g/mol. The predicted octanol–water partition coefficient (Wildman–Crippen LogP) is 13.4. The summed E-state index contributed by atoms with van der Waals surface area (Å²) in [5.41, 5.74) is 0. The van der Waals surface area contributed by atoms with Crippen molar-refractivity contribution in [2.75, 3.05) is 26.2 Å². The number of allylic oxidation sites excluding steroid dienone is 1. The number of rotatable bonds is 40. The quantitative estimate of drug-likeness (QED) is 0.0357. The van der Waals surface area contributed by atoms with Crippen LogP contribution in [0.4, 0.5) is 0 Å². The lowest BCUT2D eigenvalue weighted by molar-refractivity contribution is -0.150. The zero-order valence-electron chi connectivity index (χ0n) is 34.2. The van der Waals surface area contributed by atoms with Crippen molar-refractivity contribution in [1.29, 1.82) is 5.26 Å². The van der Waals surface area contributed by atoms with Crippen LogP contribution >= 0.6 is 0 Å². The van der Waals surface area contributed by atoms with Crippen LogP contribution in [-0.4, -0.2) is 49.2 Å². The first-order valence-corrected chi connectivity index (χ1v) is 22.2. The van der Waals surface area contributed by atoms with Gasteiger partial charge < -0.3 is 14.4 Å². The van der Waals surface area contributed by atoms with Crippen LogP contribution in [0.15, 0.2) is 12.2 Å². The molecule has 0 fully saturated rings. The number of carbonyl (C=O) groups is 2. The van der Waals surface area contributed by atoms with Gasteiger partial charge in [0.2, 0.25) is 0 Å². The number of hydrogen-bond donors (Lipinski definition) is 0. The van der Waals surface area contributed by atoms with Crippen LogP contribution in [-0.2, 0) is 19.1 Å². The molecule has 0 aliphatic carbocycles. The molecule has 0 N–H and O–H groups in total. The van der Waals surface area contributed by atoms with Gasteiger partial charge in [0, 0.05) is 25.8 Å². The summed E-state index contributed by atoms with van der Waals surface area (Å²) in [4.78, 5) is 27.1. The number of nitriles is 1. The number of unbranched alkanes of at least 4 members (excludes halogenated alkanes) is 22. The van der Waals surface area contributed by atoms with Crippen molar-refractivity contribution < 1.29 is 19.1 Å². The van der Waals surface area contributed by atoms with E-state index in [0.29, 0.717) is 25.9 Å². The van der Waals surface area contributed by atoms with Crippen LogP contribution in [0.5, 0.6) is 0 Å². The molecule has 0 spiro atoms. The maximum atomic E-state index is 12.7. The number of nitrogens with zero attached hydrogens (tertiary/aromatic N) is 2. The van der Waals surface area contributed by atoms with Gasteiger partial charge in [0.15, 0.2) is 0 Å². The Bertz CT molecular complexity index is 808. The third kappa shape index (κ3) is 37.7. The van der Waals surface area contributed by atoms with Gasteiger partial charge in [-0.15, -0.1) is 0 Å². The molecule has 0 aromatic carbocycles. The highest BCUT2D eigenvalue weighted by molar-refractivity contribution is 5.69. The summed E-state index contributed by atoms with van der Waals surface area (Å²) in [5.74, 6) is -0.0738. The van der Waals surface area contributed by atoms with Gasteiger partial charge in [-0.1, -0.05) is 155 Å². The molecule has 0 unspecified atom stereocenters. The van der Waals surface area contributed by atoms with Crippen LogP contribution in [0, 0.1) is 11.3 Å². The summed E-state index contributed by atoms with van der Waals surface area (Å²) in [5, 5.41) is 9.13. The van der Waals surface area contributed by atoms with E-state index in [1.54, 1.807) is 0 Å². The average molecular weight is 717 g/mol. The van der Waals surface area contributed by atoms with E-state index in [1.165, 1.54) is 109 Å². The molecule has 0 rings (SSSR count). The standard InChI is InChI=1S/C45H84N2O4/c1-4-7-10-13-16-25-32-42-50-44(48)36-28-21-17-23-30-39-47(41-33-38-46)40-31-24-18-22-29-37-45(49)51-43(34-26-19-14-11-8-5-2)35-27-20-15-12-9-6-3/h25,32,43H,4-24,26-31,33-37,39-42H2,1-3H3/b32-25-. The molecule has 6 heteroatoms. The summed E-state index contributed by atoms with van der Waals surface area (Å²) in [6, 6.07) is 2.31. The molecule has 0 atom stereocenters. The van der Waals surface area contributed by atoms with Gasteiger partial charge in [-0.05, 0) is 77.3 Å². The highest BCUT2D eigenvalue weighted by Gasteiger charge is 2.14. The molecule has 0 aromatic rings. The summed E-state index contributed by atoms with van der Waals surface area (Å²) in [6.45, 7) is 10.1. The summed E-state index contributed by atoms with van der Waals surface area (Å²) in [7, 11) is 0. The van der Waals surface area contributed by atoms with E-state index in [2.05, 4.69) is 37.8 Å². The molecule has 298 valence electrons. The molecule has 0 aliphatic heterocycles. The fourth-order valence-corrected chi connectivity index (χ4v) is 6.71. The molecule has 0 saturated carbocycles. The zero-order valence-corrected chi connectivity index (χ0v) is 34.2. The minimum absolute atomic E-state index is 0.0100. The minimum Gasteiger partial charge on any atom is -0.462 e. The van der Waals surface area contributed by atoms with Gasteiger partial charge in [0.1, 0.15) is 12.7 Å². The van der Waals surface area contributed by atoms with Gasteiger partial charge in [-0.25, -0.2) is 0 Å². The first-order chi connectivity index (χ1) is 25.1. The van der Waals surface area contributed by atoms with E-state index in [0.717, 1.165) is 96.7 Å². The number of esters is 2. The number of ether oxygens (including phenoxy) is 2. The van der Waals surface area contributed by atoms with E-state index in [-0.39, 0.29) is 18.0 Å². The van der Waals surface area contributed by atoms with Gasteiger partial charge in [-0.2, -0.15) is 5.26 Å². The summed E-state index contributed by atoms with van der Waals surface area (Å²) < 4.78 is 11.3. The Labute approximate surface area is 317 Å². The van der Waals surface area contributed by atoms with E-state index < -0.39 is 0 Å². The van der Waals surface area contributed by atoms with Crippen LogP contribution in [0.1, 0.15) is 226 Å². The molecule has 51 heavy (non-hydrogen) atoms. The Morgan fingerprint density at radius 1 is 0.549 bits per heavy atom. The predicted molar refractivity (Wildman–Crippen MR) is 217 cm³/mol. The first kappa shape index (κ1) is 49.1. The second-order valence-electron chi connectivity index (χ2n) is 15.0. The summed E-state index contributed by atoms with van der Waals surface area (Å²) >= 11 is 0. The minimum atomic E-state index is -0.0838. The maximum Gasteiger partial charge on any atom is 0.306 e. The lowest BCUT2D eigenvalue weighted by atomic mass is 10.0. The largest absolute Gasteiger partial charge is 0.462 e. The fraction of sp³-hybridized carbons (Fsp3) is 0.889. The van der Waals surface area contributed by atoms with Crippen molar-refractivity contribution in [2.24, 2.45) is 0 Å². The molecule has 0 aliphatic rings. The van der Waals surface area contributed by atoms with Crippen LogP contribution < -0.4 is 0 Å². The lowest BCUT2D eigenvalue weighted by Crippen LogP contribution is -2.27. The van der Waals surface area contributed by atoms with Crippen LogP contribution in [0.2, 0.25) is 0 Å². The molecule has 0 saturated heterocycles. The van der Waals surface area contributed by atoms with Crippen molar-refractivity contribution in [3.8, 4) is 6.07 Å².